The predicted molar refractivity (Wildman–Crippen MR) is 52.7 cm³/mol. The average molecular weight is 226 g/mol. The maximum Gasteiger partial charge on any atom is 0.404 e. The van der Waals surface area contributed by atoms with E-state index in [1.54, 1.807) is 0 Å². The number of hydrogen-bond acceptors (Lipinski definition) is 3. The Hall–Kier alpha value is -1.85. The molecular formula is C10H11FN2O3. The fourth-order valence-electron chi connectivity index (χ4n) is 1.17. The molecule has 2 N–H and O–H groups in total. The topological polar surface area (TPSA) is 71.5 Å². The van der Waals surface area contributed by atoms with Crippen molar-refractivity contribution >= 4 is 6.09 Å². The minimum absolute atomic E-state index is 0.0124. The molecule has 1 heterocycles. The van der Waals surface area contributed by atoms with Crippen LogP contribution in [0.15, 0.2) is 12.3 Å². The summed E-state index contributed by atoms with van der Waals surface area (Å²) < 4.78 is 18.6. The van der Waals surface area contributed by atoms with Gasteiger partial charge in [-0.05, 0) is 24.5 Å². The Morgan fingerprint density at radius 3 is 3.00 bits per heavy atom. The van der Waals surface area contributed by atoms with Crippen LogP contribution in [0.5, 0.6) is 5.88 Å². The quantitative estimate of drug-likeness (QED) is 0.816. The molecule has 1 amide bonds. The molecule has 0 bridgehead atoms. The van der Waals surface area contributed by atoms with Crippen molar-refractivity contribution in [2.24, 2.45) is 0 Å². The fraction of sp³-hybridized carbons (Fsp3) is 0.400. The molecule has 0 aromatic carbocycles. The highest BCUT2D eigenvalue weighted by Gasteiger charge is 2.25. The lowest BCUT2D eigenvalue weighted by atomic mass is 10.3. The Labute approximate surface area is 91.3 Å². The van der Waals surface area contributed by atoms with Crippen molar-refractivity contribution in [3.63, 3.8) is 0 Å². The number of rotatable bonds is 4. The van der Waals surface area contributed by atoms with Gasteiger partial charge in [-0.2, -0.15) is 0 Å². The molecule has 1 aliphatic carbocycles. The Bertz CT molecular complexity index is 407. The van der Waals surface area contributed by atoms with E-state index < -0.39 is 11.9 Å². The number of pyridine rings is 1. The first-order valence-corrected chi connectivity index (χ1v) is 4.93. The average Bonchev–Trinajstić information content (AvgIpc) is 3.02. The van der Waals surface area contributed by atoms with Gasteiger partial charge in [0, 0.05) is 12.7 Å². The second kappa shape index (κ2) is 4.34. The summed E-state index contributed by atoms with van der Waals surface area (Å²) in [5.41, 5.74) is 0.461. The molecule has 1 fully saturated rings. The molecule has 0 unspecified atom stereocenters. The van der Waals surface area contributed by atoms with Crippen LogP contribution in [0.25, 0.3) is 0 Å². The van der Waals surface area contributed by atoms with Gasteiger partial charge in [0.1, 0.15) is 6.10 Å². The van der Waals surface area contributed by atoms with Gasteiger partial charge in [0.25, 0.3) is 5.88 Å². The highest BCUT2D eigenvalue weighted by molar-refractivity contribution is 5.64. The molecular weight excluding hydrogens is 215 g/mol. The summed E-state index contributed by atoms with van der Waals surface area (Å²) in [5, 5.41) is 10.5. The van der Waals surface area contributed by atoms with E-state index in [1.165, 1.54) is 12.3 Å². The van der Waals surface area contributed by atoms with E-state index in [1.807, 2.05) is 0 Å². The van der Waals surface area contributed by atoms with Gasteiger partial charge < -0.3 is 15.2 Å². The lowest BCUT2D eigenvalue weighted by Gasteiger charge is -2.06. The van der Waals surface area contributed by atoms with Crippen molar-refractivity contribution in [2.75, 3.05) is 0 Å². The number of nitrogens with one attached hydrogen (secondary N) is 1. The van der Waals surface area contributed by atoms with E-state index in [4.69, 9.17) is 9.84 Å². The van der Waals surface area contributed by atoms with Crippen LogP contribution in [-0.2, 0) is 6.54 Å². The summed E-state index contributed by atoms with van der Waals surface area (Å²) in [4.78, 5) is 14.0. The molecule has 16 heavy (non-hydrogen) atoms. The molecule has 5 nitrogen and oxygen atoms in total. The summed E-state index contributed by atoms with van der Waals surface area (Å²) in [6.07, 6.45) is 2.20. The number of carbonyl (C=O) groups is 1. The van der Waals surface area contributed by atoms with Gasteiger partial charge in [-0.3, -0.25) is 0 Å². The normalized spacial score (nSPS) is 14.6. The molecule has 0 radical (unpaired) electrons. The minimum Gasteiger partial charge on any atom is -0.472 e. The Balaban J connectivity index is 2.00. The molecule has 1 saturated carbocycles. The van der Waals surface area contributed by atoms with Crippen molar-refractivity contribution in [1.82, 2.24) is 10.3 Å². The van der Waals surface area contributed by atoms with Gasteiger partial charge in [0.15, 0.2) is 5.82 Å². The molecule has 1 aliphatic rings. The summed E-state index contributed by atoms with van der Waals surface area (Å²) in [5.74, 6) is -0.571. The first-order chi connectivity index (χ1) is 7.65. The van der Waals surface area contributed by atoms with Crippen LogP contribution in [0.2, 0.25) is 0 Å². The molecule has 6 heteroatoms. The third kappa shape index (κ3) is 2.82. The molecule has 0 aliphatic heterocycles. The number of ether oxygens (including phenoxy) is 1. The molecule has 86 valence electrons. The van der Waals surface area contributed by atoms with Crippen LogP contribution in [0.3, 0.4) is 0 Å². The monoisotopic (exact) mass is 226 g/mol. The van der Waals surface area contributed by atoms with Gasteiger partial charge in [-0.15, -0.1) is 0 Å². The third-order valence-corrected chi connectivity index (χ3v) is 2.11. The number of aromatic nitrogens is 1. The minimum atomic E-state index is -1.15. The van der Waals surface area contributed by atoms with Crippen LogP contribution >= 0.6 is 0 Å². The standard InChI is InChI=1S/C10H11FN2O3/c11-8-3-6(5-13-10(14)15)4-12-9(8)16-7-1-2-7/h3-4,7,13H,1-2,5H2,(H,14,15). The van der Waals surface area contributed by atoms with Crippen LogP contribution < -0.4 is 10.1 Å². The van der Waals surface area contributed by atoms with Crippen molar-refractivity contribution in [1.29, 1.82) is 0 Å². The zero-order valence-corrected chi connectivity index (χ0v) is 8.44. The molecule has 1 aromatic rings. The molecule has 0 atom stereocenters. The van der Waals surface area contributed by atoms with Crippen LogP contribution in [-0.4, -0.2) is 22.3 Å². The highest BCUT2D eigenvalue weighted by Crippen LogP contribution is 2.27. The second-order valence-electron chi connectivity index (χ2n) is 3.61. The van der Waals surface area contributed by atoms with E-state index in [0.29, 0.717) is 5.56 Å². The third-order valence-electron chi connectivity index (χ3n) is 2.11. The van der Waals surface area contributed by atoms with Crippen LogP contribution in [0, 0.1) is 5.82 Å². The fourth-order valence-corrected chi connectivity index (χ4v) is 1.17. The Morgan fingerprint density at radius 1 is 1.69 bits per heavy atom. The van der Waals surface area contributed by atoms with E-state index >= 15 is 0 Å². The zero-order valence-electron chi connectivity index (χ0n) is 8.44. The number of hydrogen-bond donors (Lipinski definition) is 2. The van der Waals surface area contributed by atoms with Crippen LogP contribution in [0.4, 0.5) is 9.18 Å². The van der Waals surface area contributed by atoms with Crippen LogP contribution in [0.1, 0.15) is 18.4 Å². The number of carboxylic acid groups (broad SMARTS) is 1. The first-order valence-electron chi connectivity index (χ1n) is 4.93. The van der Waals surface area contributed by atoms with Crippen molar-refractivity contribution in [2.45, 2.75) is 25.5 Å². The largest absolute Gasteiger partial charge is 0.472 e. The smallest absolute Gasteiger partial charge is 0.404 e. The van der Waals surface area contributed by atoms with E-state index in [0.717, 1.165) is 12.8 Å². The Kier molecular flexibility index (Phi) is 2.89. The van der Waals surface area contributed by atoms with E-state index in [-0.39, 0.29) is 18.5 Å². The Morgan fingerprint density at radius 2 is 2.44 bits per heavy atom. The van der Waals surface area contributed by atoms with Gasteiger partial charge >= 0.3 is 6.09 Å². The summed E-state index contributed by atoms with van der Waals surface area (Å²) >= 11 is 0. The van der Waals surface area contributed by atoms with Gasteiger partial charge in [-0.1, -0.05) is 0 Å². The van der Waals surface area contributed by atoms with Crippen molar-refractivity contribution in [3.8, 4) is 5.88 Å². The predicted octanol–water partition coefficient (Wildman–Crippen LogP) is 1.53. The summed E-state index contributed by atoms with van der Waals surface area (Å²) in [7, 11) is 0. The van der Waals surface area contributed by atoms with Crippen molar-refractivity contribution in [3.05, 3.63) is 23.6 Å². The number of halogens is 1. The molecule has 1 aromatic heterocycles. The van der Waals surface area contributed by atoms with E-state index in [2.05, 4.69) is 10.3 Å². The SMILES string of the molecule is O=C(O)NCc1cnc(OC2CC2)c(F)c1. The van der Waals surface area contributed by atoms with Gasteiger partial charge in [-0.25, -0.2) is 14.2 Å². The maximum atomic E-state index is 13.4. The molecule has 2 rings (SSSR count). The summed E-state index contributed by atoms with van der Waals surface area (Å²) in [6, 6.07) is 1.22. The number of amides is 1. The summed E-state index contributed by atoms with van der Waals surface area (Å²) in [6.45, 7) is 0.0307. The molecule has 0 spiro atoms. The number of nitrogens with zero attached hydrogens (tertiary/aromatic N) is 1. The zero-order chi connectivity index (χ0) is 11.5. The lowest BCUT2D eigenvalue weighted by Crippen LogP contribution is -2.20. The van der Waals surface area contributed by atoms with E-state index in [9.17, 15) is 9.18 Å². The van der Waals surface area contributed by atoms with Gasteiger partial charge in [0.05, 0.1) is 0 Å². The lowest BCUT2D eigenvalue weighted by molar-refractivity contribution is 0.194. The second-order valence-corrected chi connectivity index (χ2v) is 3.61. The molecule has 0 saturated heterocycles. The highest BCUT2D eigenvalue weighted by atomic mass is 19.1. The first kappa shape index (κ1) is 10.7. The van der Waals surface area contributed by atoms with Crippen molar-refractivity contribution < 1.29 is 19.0 Å². The maximum absolute atomic E-state index is 13.4. The van der Waals surface area contributed by atoms with Gasteiger partial charge in [0.2, 0.25) is 0 Å².